The van der Waals surface area contributed by atoms with Gasteiger partial charge in [-0.15, -0.1) is 0 Å². The fourth-order valence-electron chi connectivity index (χ4n) is 19.9. The Hall–Kier alpha value is -1.54. The number of nitrogens with zero attached hydrogens (tertiary/aromatic N) is 2. The van der Waals surface area contributed by atoms with Crippen molar-refractivity contribution in [2.45, 2.75) is 211 Å². The number of rotatable bonds is 0. The van der Waals surface area contributed by atoms with Gasteiger partial charge in [-0.25, -0.2) is 0 Å². The highest BCUT2D eigenvalue weighted by Crippen LogP contribution is 2.73. The van der Waals surface area contributed by atoms with Crippen molar-refractivity contribution in [2.75, 3.05) is 6.61 Å². The molecule has 4 saturated heterocycles. The minimum atomic E-state index is -1.42. The second-order valence-corrected chi connectivity index (χ2v) is 26.8. The van der Waals surface area contributed by atoms with Crippen molar-refractivity contribution in [1.82, 2.24) is 9.97 Å². The van der Waals surface area contributed by atoms with Crippen LogP contribution in [-0.4, -0.2) is 101 Å². The highest BCUT2D eigenvalue weighted by molar-refractivity contribution is 5.43. The summed E-state index contributed by atoms with van der Waals surface area (Å²) >= 11 is 0. The van der Waals surface area contributed by atoms with E-state index in [1.165, 1.54) is 18.5 Å². The maximum Gasteiger partial charge on any atom is 0.174 e. The normalized spacial score (nSPS) is 59.8. The molecule has 11 nitrogen and oxygen atoms in total. The molecule has 13 rings (SSSR count). The summed E-state index contributed by atoms with van der Waals surface area (Å²) in [4.78, 5) is 11.2. The van der Waals surface area contributed by atoms with Crippen molar-refractivity contribution in [3.05, 3.63) is 34.4 Å². The van der Waals surface area contributed by atoms with E-state index in [0.717, 1.165) is 74.0 Å². The summed E-state index contributed by atoms with van der Waals surface area (Å²) < 4.78 is 26.8. The Balaban J connectivity index is 0.767. The molecular formula is C54H78N2O9. The first-order chi connectivity index (χ1) is 30.4. The number of aromatic nitrogens is 2. The van der Waals surface area contributed by atoms with Crippen LogP contribution >= 0.6 is 0 Å². The van der Waals surface area contributed by atoms with Crippen molar-refractivity contribution in [2.24, 2.45) is 80.8 Å². The first-order valence-electron chi connectivity index (χ1n) is 26.2. The smallest absolute Gasteiger partial charge is 0.174 e. The molecule has 11 heteroatoms. The number of fused-ring (bicyclic) bond motifs is 16. The van der Waals surface area contributed by atoms with Crippen LogP contribution in [0.5, 0.6) is 0 Å². The lowest BCUT2D eigenvalue weighted by atomic mass is 9.43. The highest BCUT2D eigenvalue weighted by Gasteiger charge is 2.78. The van der Waals surface area contributed by atoms with Gasteiger partial charge >= 0.3 is 0 Å². The molecule has 65 heavy (non-hydrogen) atoms. The van der Waals surface area contributed by atoms with E-state index >= 15 is 0 Å². The van der Waals surface area contributed by atoms with E-state index in [4.69, 9.17) is 28.9 Å². The maximum atomic E-state index is 12.9. The Bertz CT molecular complexity index is 2240. The lowest BCUT2D eigenvalue weighted by Gasteiger charge is -2.62. The van der Waals surface area contributed by atoms with Crippen molar-refractivity contribution >= 4 is 0 Å². The third-order valence-corrected chi connectivity index (χ3v) is 23.7. The molecule has 8 aliphatic carbocycles. The van der Waals surface area contributed by atoms with Gasteiger partial charge < -0.3 is 44.5 Å². The summed E-state index contributed by atoms with van der Waals surface area (Å²) in [5.74, 6) is 0.428. The summed E-state index contributed by atoms with van der Waals surface area (Å²) in [6, 6.07) is 0. The number of ether oxygens (including phenoxy) is 4. The average Bonchev–Trinajstić information content (AvgIpc) is 3.94. The average molecular weight is 899 g/mol. The van der Waals surface area contributed by atoms with E-state index in [0.29, 0.717) is 55.3 Å². The Labute approximate surface area is 386 Å². The van der Waals surface area contributed by atoms with E-state index in [9.17, 15) is 25.5 Å². The zero-order valence-electron chi connectivity index (χ0n) is 40.6. The third-order valence-electron chi connectivity index (χ3n) is 23.7. The molecule has 5 N–H and O–H groups in total. The summed E-state index contributed by atoms with van der Waals surface area (Å²) in [7, 11) is 0. The summed E-state index contributed by atoms with van der Waals surface area (Å²) in [5.41, 5.74) is 1.52. The molecule has 1 aromatic heterocycles. The van der Waals surface area contributed by atoms with Crippen molar-refractivity contribution in [3.8, 4) is 0 Å². The predicted molar refractivity (Wildman–Crippen MR) is 240 cm³/mol. The van der Waals surface area contributed by atoms with E-state index < -0.39 is 52.4 Å². The first-order valence-corrected chi connectivity index (χ1v) is 26.2. The van der Waals surface area contributed by atoms with Crippen LogP contribution in [0.1, 0.15) is 149 Å². The van der Waals surface area contributed by atoms with Crippen LogP contribution in [0.4, 0.5) is 0 Å². The fraction of sp³-hybridized carbons (Fsp3) is 0.889. The van der Waals surface area contributed by atoms with Crippen LogP contribution in [0.2, 0.25) is 0 Å². The molecular weight excluding hydrogens is 821 g/mol. The number of aliphatic hydroxyl groups is 5. The molecule has 1 aromatic rings. The lowest BCUT2D eigenvalue weighted by molar-refractivity contribution is -0.289. The quantitative estimate of drug-likeness (QED) is 0.183. The molecule has 0 bridgehead atoms. The Kier molecular flexibility index (Phi) is 8.73. The Morgan fingerprint density at radius 1 is 0.677 bits per heavy atom. The first kappa shape index (κ1) is 43.5. The van der Waals surface area contributed by atoms with Gasteiger partial charge in [-0.05, 0) is 144 Å². The van der Waals surface area contributed by atoms with E-state index in [2.05, 4.69) is 41.5 Å². The molecule has 358 valence electrons. The molecule has 5 saturated carbocycles. The van der Waals surface area contributed by atoms with Gasteiger partial charge in [-0.2, -0.15) is 0 Å². The minimum absolute atomic E-state index is 0.00200. The third kappa shape index (κ3) is 5.20. The van der Waals surface area contributed by atoms with Gasteiger partial charge in [0.1, 0.15) is 11.7 Å². The predicted octanol–water partition coefficient (Wildman–Crippen LogP) is 6.40. The highest BCUT2D eigenvalue weighted by atomic mass is 16.7. The molecule has 0 unspecified atom stereocenters. The van der Waals surface area contributed by atoms with Crippen LogP contribution in [0.3, 0.4) is 0 Å². The number of hydrogen-bond donors (Lipinski definition) is 5. The SMILES string of the molecule is C[C@@H]1[C@@]2(CC[C@@](C)(O)CO2)O[C@H]2C=C3[C@@H]4[C@@H](O)C[C@H]5Cc6nc7c(nc6C[C@]5(C)[C@H]4C[C@@H](O)[C@]3(C)[C@]21O)C[C@@H]1CC[C@H]2[C@H]3C[C@@H]4O[C@]5(CCC(C)(C)O5)[C@@H](C)[C@@H]4[C@@]3(C)[C@H](O)C[C@@H]2[C@@]1(C)C7. The van der Waals surface area contributed by atoms with Crippen LogP contribution in [0.15, 0.2) is 11.6 Å². The van der Waals surface area contributed by atoms with Crippen molar-refractivity contribution in [1.29, 1.82) is 0 Å². The van der Waals surface area contributed by atoms with Gasteiger partial charge in [-0.3, -0.25) is 9.97 Å². The molecule has 0 radical (unpaired) electrons. The van der Waals surface area contributed by atoms with Gasteiger partial charge in [0.25, 0.3) is 0 Å². The fourth-order valence-corrected chi connectivity index (χ4v) is 19.9. The van der Waals surface area contributed by atoms with Gasteiger partial charge in [0.05, 0.1) is 65.0 Å². The zero-order valence-corrected chi connectivity index (χ0v) is 40.6. The molecule has 0 aromatic carbocycles. The zero-order chi connectivity index (χ0) is 45.6. The minimum Gasteiger partial charge on any atom is -0.393 e. The molecule has 0 amide bonds. The molecule has 4 aliphatic heterocycles. The summed E-state index contributed by atoms with van der Waals surface area (Å²) in [5, 5.41) is 60.9. The number of aliphatic hydroxyl groups excluding tert-OH is 3. The molecule has 5 heterocycles. The van der Waals surface area contributed by atoms with Crippen molar-refractivity contribution < 1.29 is 44.5 Å². The monoisotopic (exact) mass is 899 g/mol. The van der Waals surface area contributed by atoms with Crippen LogP contribution < -0.4 is 0 Å². The van der Waals surface area contributed by atoms with Gasteiger partial charge in [0, 0.05) is 47.3 Å². The molecule has 23 atom stereocenters. The van der Waals surface area contributed by atoms with Crippen LogP contribution in [0.25, 0.3) is 0 Å². The summed E-state index contributed by atoms with van der Waals surface area (Å²) in [6.07, 6.45) is 11.3. The second kappa shape index (κ2) is 13.0. The van der Waals surface area contributed by atoms with Crippen LogP contribution in [-0.2, 0) is 44.6 Å². The van der Waals surface area contributed by atoms with Gasteiger partial charge in [0.2, 0.25) is 0 Å². The lowest BCUT2D eigenvalue weighted by Crippen LogP contribution is -2.66. The second-order valence-electron chi connectivity index (χ2n) is 26.8. The van der Waals surface area contributed by atoms with Gasteiger partial charge in [0.15, 0.2) is 11.6 Å². The topological polar surface area (TPSA) is 164 Å². The van der Waals surface area contributed by atoms with E-state index in [1.807, 2.05) is 19.9 Å². The van der Waals surface area contributed by atoms with Crippen LogP contribution in [0, 0.1) is 80.8 Å². The van der Waals surface area contributed by atoms with E-state index in [-0.39, 0.29) is 64.3 Å². The van der Waals surface area contributed by atoms with E-state index in [1.54, 1.807) is 6.92 Å². The molecule has 9 fully saturated rings. The largest absolute Gasteiger partial charge is 0.393 e. The molecule has 2 spiro atoms. The number of hydrogen-bond acceptors (Lipinski definition) is 11. The Morgan fingerprint density at radius 2 is 1.34 bits per heavy atom. The maximum absolute atomic E-state index is 12.9. The molecule has 12 aliphatic rings. The Morgan fingerprint density at radius 3 is 2.00 bits per heavy atom. The van der Waals surface area contributed by atoms with Crippen molar-refractivity contribution in [3.63, 3.8) is 0 Å². The standard InChI is InChI=1S/C54H78N2O9/c1-26-45-40(63-52(26)14-12-46(3,4)65-52)19-32-30-11-10-28-16-35-37(23-48(28,6)31(30)20-41(58)50(32,45)8)56-36-17-29-18-39(57)44-33(49(29,7)24-38(36)55-35)21-42(59)51(9)34(44)22-43-54(51,61)27(2)53(64-43)15-13-47(5,60)25-62-53/h22,26-33,39-45,57-61H,10-21,23-25H2,1-9H3/t26-,27+,28-,29+,30+,31-,32+,33-,39-,40-,41+,42+,43-,44+,45-,47+,48-,49-,50+,51+,52-,53+,54+/m0/s1. The van der Waals surface area contributed by atoms with Gasteiger partial charge in [-0.1, -0.05) is 53.2 Å². The summed E-state index contributed by atoms with van der Waals surface area (Å²) in [6.45, 7) is 19.9.